The Morgan fingerprint density at radius 1 is 0.973 bits per heavy atom. The number of amides is 1. The van der Waals surface area contributed by atoms with Gasteiger partial charge in [0.05, 0.1) is 11.7 Å². The summed E-state index contributed by atoms with van der Waals surface area (Å²) in [6, 6.07) is 21.1. The summed E-state index contributed by atoms with van der Waals surface area (Å²) in [5, 5.41) is 4.03. The van der Waals surface area contributed by atoms with Crippen LogP contribution in [0, 0.1) is 11.7 Å². The van der Waals surface area contributed by atoms with Crippen LogP contribution in [-0.4, -0.2) is 15.9 Å². The summed E-state index contributed by atoms with van der Waals surface area (Å²) >= 11 is 7.55. The number of nitrogens with zero attached hydrogens (tertiary/aromatic N) is 3. The standard InChI is InChI=1S/C29H21ClFN3O2S/c1-16(2)28(35)34(26-20-9-5-6-10-24(20)36-27-21(26)12-14-25(30)33-27)29-32-23(15-37-29)19-11-13-22(31)18-8-4-3-7-17(18)19/h3-16,26H,1-2H3. The number of anilines is 1. The van der Waals surface area contributed by atoms with Crippen molar-refractivity contribution in [1.29, 1.82) is 0 Å². The zero-order chi connectivity index (χ0) is 25.7. The van der Waals surface area contributed by atoms with E-state index in [-0.39, 0.29) is 17.6 Å². The van der Waals surface area contributed by atoms with Gasteiger partial charge in [0, 0.05) is 33.4 Å². The van der Waals surface area contributed by atoms with Gasteiger partial charge < -0.3 is 4.74 Å². The second kappa shape index (κ2) is 9.25. The second-order valence-corrected chi connectivity index (χ2v) is 10.3. The van der Waals surface area contributed by atoms with Gasteiger partial charge in [-0.15, -0.1) is 11.3 Å². The number of halogens is 2. The van der Waals surface area contributed by atoms with Crippen molar-refractivity contribution in [2.24, 2.45) is 5.92 Å². The highest BCUT2D eigenvalue weighted by Crippen LogP contribution is 2.48. The van der Waals surface area contributed by atoms with E-state index in [2.05, 4.69) is 4.98 Å². The number of thiazole rings is 1. The summed E-state index contributed by atoms with van der Waals surface area (Å²) in [6.45, 7) is 3.73. The maximum absolute atomic E-state index is 14.5. The van der Waals surface area contributed by atoms with E-state index < -0.39 is 6.04 Å². The topological polar surface area (TPSA) is 55.3 Å². The highest BCUT2D eigenvalue weighted by Gasteiger charge is 2.38. The van der Waals surface area contributed by atoms with E-state index in [4.69, 9.17) is 21.3 Å². The number of rotatable bonds is 4. The maximum atomic E-state index is 14.5. The lowest BCUT2D eigenvalue weighted by atomic mass is 9.94. The average molecular weight is 530 g/mol. The molecule has 0 N–H and O–H groups in total. The quantitative estimate of drug-likeness (QED) is 0.221. The maximum Gasteiger partial charge on any atom is 0.232 e. The van der Waals surface area contributed by atoms with Crippen molar-refractivity contribution in [3.05, 3.63) is 100 Å². The van der Waals surface area contributed by atoms with Crippen LogP contribution in [0.3, 0.4) is 0 Å². The van der Waals surface area contributed by atoms with E-state index in [1.807, 2.05) is 67.8 Å². The summed E-state index contributed by atoms with van der Waals surface area (Å²) in [4.78, 5) is 24.8. The van der Waals surface area contributed by atoms with Crippen molar-refractivity contribution in [2.75, 3.05) is 4.90 Å². The van der Waals surface area contributed by atoms with Crippen LogP contribution in [0.4, 0.5) is 9.52 Å². The molecule has 184 valence electrons. The molecule has 6 rings (SSSR count). The Kier molecular flexibility index (Phi) is 5.89. The predicted molar refractivity (Wildman–Crippen MR) is 145 cm³/mol. The Hall–Kier alpha value is -3.81. The summed E-state index contributed by atoms with van der Waals surface area (Å²) in [5.74, 6) is 0.301. The van der Waals surface area contributed by atoms with E-state index >= 15 is 0 Å². The Bertz CT molecular complexity index is 1670. The molecule has 3 aromatic carbocycles. The molecule has 1 atom stereocenters. The molecule has 0 saturated heterocycles. The zero-order valence-corrected chi connectivity index (χ0v) is 21.6. The van der Waals surface area contributed by atoms with Crippen molar-refractivity contribution in [3.63, 3.8) is 0 Å². The first-order valence-electron chi connectivity index (χ1n) is 11.8. The van der Waals surface area contributed by atoms with E-state index in [1.54, 1.807) is 23.1 Å². The Labute approximate surface area is 222 Å². The van der Waals surface area contributed by atoms with Crippen LogP contribution in [-0.2, 0) is 4.79 Å². The lowest BCUT2D eigenvalue weighted by molar-refractivity contribution is -0.121. The molecule has 0 fully saturated rings. The van der Waals surface area contributed by atoms with Gasteiger partial charge in [0.2, 0.25) is 11.8 Å². The molecule has 0 spiro atoms. The average Bonchev–Trinajstić information content (AvgIpc) is 3.38. The van der Waals surface area contributed by atoms with E-state index in [9.17, 15) is 9.18 Å². The highest BCUT2D eigenvalue weighted by molar-refractivity contribution is 7.14. The van der Waals surface area contributed by atoms with Gasteiger partial charge in [0.25, 0.3) is 0 Å². The van der Waals surface area contributed by atoms with Gasteiger partial charge in [0.15, 0.2) is 5.13 Å². The molecule has 0 bridgehead atoms. The highest BCUT2D eigenvalue weighted by atomic mass is 35.5. The summed E-state index contributed by atoms with van der Waals surface area (Å²) in [5.41, 5.74) is 3.03. The number of benzene rings is 3. The van der Waals surface area contributed by atoms with Crippen LogP contribution in [0.5, 0.6) is 11.6 Å². The molecule has 0 saturated carbocycles. The summed E-state index contributed by atoms with van der Waals surface area (Å²) in [6.07, 6.45) is 0. The number of para-hydroxylation sites is 1. The van der Waals surface area contributed by atoms with Crippen LogP contribution in [0.2, 0.25) is 5.15 Å². The lowest BCUT2D eigenvalue weighted by Crippen LogP contribution is -2.39. The number of fused-ring (bicyclic) bond motifs is 3. The van der Waals surface area contributed by atoms with E-state index in [0.29, 0.717) is 33.0 Å². The van der Waals surface area contributed by atoms with Crippen LogP contribution in [0.15, 0.2) is 78.2 Å². The van der Waals surface area contributed by atoms with Gasteiger partial charge in [-0.3, -0.25) is 9.69 Å². The molecule has 0 aliphatic carbocycles. The minimum atomic E-state index is -0.511. The predicted octanol–water partition coefficient (Wildman–Crippen LogP) is 8.04. The molecule has 1 aliphatic rings. The molecule has 1 aliphatic heterocycles. The largest absolute Gasteiger partial charge is 0.438 e. The van der Waals surface area contributed by atoms with Gasteiger partial charge in [-0.05, 0) is 35.7 Å². The number of aromatic nitrogens is 2. The van der Waals surface area contributed by atoms with Gasteiger partial charge in [0.1, 0.15) is 16.7 Å². The summed E-state index contributed by atoms with van der Waals surface area (Å²) < 4.78 is 20.5. The lowest BCUT2D eigenvalue weighted by Gasteiger charge is -2.35. The number of ether oxygens (including phenoxy) is 1. The molecule has 0 radical (unpaired) electrons. The molecule has 5 aromatic rings. The van der Waals surface area contributed by atoms with E-state index in [0.717, 1.165) is 22.1 Å². The van der Waals surface area contributed by atoms with Gasteiger partial charge >= 0.3 is 0 Å². The van der Waals surface area contributed by atoms with E-state index in [1.165, 1.54) is 17.4 Å². The molecule has 3 heterocycles. The first-order chi connectivity index (χ1) is 17.9. The fourth-order valence-corrected chi connectivity index (χ4v) is 5.66. The molecular formula is C29H21ClFN3O2S. The number of pyridine rings is 1. The molecule has 37 heavy (non-hydrogen) atoms. The number of carbonyl (C=O) groups is 1. The SMILES string of the molecule is CC(C)C(=O)N(c1nc(-c2ccc(F)c3ccccc23)cs1)C1c2ccccc2Oc2nc(Cl)ccc21. The minimum Gasteiger partial charge on any atom is -0.438 e. The third-order valence-corrected chi connectivity index (χ3v) is 7.46. The zero-order valence-electron chi connectivity index (χ0n) is 20.0. The fourth-order valence-electron chi connectivity index (χ4n) is 4.66. The van der Waals surface area contributed by atoms with Gasteiger partial charge in [-0.1, -0.05) is 67.9 Å². The second-order valence-electron chi connectivity index (χ2n) is 9.09. The Morgan fingerprint density at radius 3 is 2.54 bits per heavy atom. The smallest absolute Gasteiger partial charge is 0.232 e. The third-order valence-electron chi connectivity index (χ3n) is 6.41. The van der Waals surface area contributed by atoms with Crippen molar-refractivity contribution < 1.29 is 13.9 Å². The first-order valence-corrected chi connectivity index (χ1v) is 13.1. The Balaban J connectivity index is 1.53. The third kappa shape index (κ3) is 4.04. The van der Waals surface area contributed by atoms with Crippen molar-refractivity contribution >= 4 is 44.7 Å². The molecule has 1 unspecified atom stereocenters. The number of carbonyl (C=O) groups excluding carboxylic acids is 1. The van der Waals surface area contributed by atoms with Crippen molar-refractivity contribution in [3.8, 4) is 22.9 Å². The van der Waals surface area contributed by atoms with Gasteiger partial charge in [-0.2, -0.15) is 0 Å². The molecule has 2 aromatic heterocycles. The van der Waals surface area contributed by atoms with Crippen LogP contribution < -0.4 is 9.64 Å². The normalized spacial score (nSPS) is 14.2. The van der Waals surface area contributed by atoms with Crippen LogP contribution >= 0.6 is 22.9 Å². The van der Waals surface area contributed by atoms with Crippen molar-refractivity contribution in [2.45, 2.75) is 19.9 Å². The number of hydrogen-bond donors (Lipinski definition) is 0. The fraction of sp³-hybridized carbons (Fsp3) is 0.138. The molecular weight excluding hydrogens is 509 g/mol. The summed E-state index contributed by atoms with van der Waals surface area (Å²) in [7, 11) is 0. The number of hydrogen-bond acceptors (Lipinski definition) is 5. The minimum absolute atomic E-state index is 0.0903. The molecule has 8 heteroatoms. The Morgan fingerprint density at radius 2 is 1.73 bits per heavy atom. The first kappa shape index (κ1) is 23.6. The van der Waals surface area contributed by atoms with Crippen molar-refractivity contribution in [1.82, 2.24) is 9.97 Å². The monoisotopic (exact) mass is 529 g/mol. The molecule has 1 amide bonds. The van der Waals surface area contributed by atoms with Crippen LogP contribution in [0.1, 0.15) is 31.0 Å². The molecule has 5 nitrogen and oxygen atoms in total. The van der Waals surface area contributed by atoms with Gasteiger partial charge in [-0.25, -0.2) is 14.4 Å². The van der Waals surface area contributed by atoms with Crippen LogP contribution in [0.25, 0.3) is 22.0 Å².